The second-order valence-corrected chi connectivity index (χ2v) is 4.00. The molecule has 0 bridgehead atoms. The van der Waals surface area contributed by atoms with E-state index in [0.29, 0.717) is 17.9 Å². The van der Waals surface area contributed by atoms with Gasteiger partial charge in [-0.2, -0.15) is 0 Å². The molecule has 18 heavy (non-hydrogen) atoms. The number of rotatable bonds is 2. The number of hydrogen-bond donors (Lipinski definition) is 1. The normalized spacial score (nSPS) is 10.9. The van der Waals surface area contributed by atoms with Crippen molar-refractivity contribution >= 4 is 10.8 Å². The van der Waals surface area contributed by atoms with Crippen LogP contribution in [0.3, 0.4) is 0 Å². The molecule has 0 spiro atoms. The average Bonchev–Trinajstić information content (AvgIpc) is 2.86. The number of aromatic nitrogens is 4. The molecular formula is C13H12N4O. The maximum absolute atomic E-state index is 10.1. The minimum Gasteiger partial charge on any atom is -0.507 e. The molecule has 0 atom stereocenters. The summed E-state index contributed by atoms with van der Waals surface area (Å²) in [5.41, 5.74) is 0.681. The number of fused-ring (bicyclic) bond motifs is 1. The summed E-state index contributed by atoms with van der Waals surface area (Å²) >= 11 is 0. The molecule has 0 radical (unpaired) electrons. The van der Waals surface area contributed by atoms with E-state index >= 15 is 0 Å². The third kappa shape index (κ3) is 1.52. The SMILES string of the molecule is CCn1nnnc1-c1c(O)ccc2ccccc12. The molecule has 0 fully saturated rings. The number of nitrogens with zero attached hydrogens (tertiary/aromatic N) is 4. The quantitative estimate of drug-likeness (QED) is 0.746. The molecular weight excluding hydrogens is 228 g/mol. The molecule has 1 aromatic heterocycles. The molecule has 3 aromatic rings. The summed E-state index contributed by atoms with van der Waals surface area (Å²) in [5, 5.41) is 23.7. The maximum atomic E-state index is 10.1. The van der Waals surface area contributed by atoms with Crippen LogP contribution in [0.5, 0.6) is 5.75 Å². The molecule has 2 aromatic carbocycles. The van der Waals surface area contributed by atoms with Crippen molar-refractivity contribution in [2.24, 2.45) is 0 Å². The molecule has 90 valence electrons. The van der Waals surface area contributed by atoms with E-state index in [4.69, 9.17) is 0 Å². The zero-order valence-corrected chi connectivity index (χ0v) is 9.91. The van der Waals surface area contributed by atoms with Gasteiger partial charge in [0.2, 0.25) is 0 Å². The number of aromatic hydroxyl groups is 1. The van der Waals surface area contributed by atoms with E-state index in [1.165, 1.54) is 0 Å². The number of phenolic OH excluding ortho intramolecular Hbond substituents is 1. The van der Waals surface area contributed by atoms with Gasteiger partial charge in [0, 0.05) is 6.54 Å². The number of benzene rings is 2. The molecule has 0 saturated heterocycles. The van der Waals surface area contributed by atoms with Gasteiger partial charge in [0.15, 0.2) is 5.82 Å². The molecule has 5 heteroatoms. The fraction of sp³-hybridized carbons (Fsp3) is 0.154. The summed E-state index contributed by atoms with van der Waals surface area (Å²) in [5.74, 6) is 0.782. The highest BCUT2D eigenvalue weighted by Crippen LogP contribution is 2.34. The van der Waals surface area contributed by atoms with Crippen LogP contribution in [-0.4, -0.2) is 25.3 Å². The highest BCUT2D eigenvalue weighted by Gasteiger charge is 2.15. The Kier molecular flexibility index (Phi) is 2.44. The first-order valence-corrected chi connectivity index (χ1v) is 5.78. The van der Waals surface area contributed by atoms with Crippen LogP contribution < -0.4 is 0 Å². The Balaban J connectivity index is 2.37. The van der Waals surface area contributed by atoms with Gasteiger partial charge < -0.3 is 5.11 Å². The fourth-order valence-electron chi connectivity index (χ4n) is 2.09. The minimum atomic E-state index is 0.193. The number of aryl methyl sites for hydroxylation is 1. The van der Waals surface area contributed by atoms with Crippen LogP contribution in [0.4, 0.5) is 0 Å². The minimum absolute atomic E-state index is 0.193. The van der Waals surface area contributed by atoms with E-state index in [1.54, 1.807) is 10.7 Å². The Morgan fingerprint density at radius 3 is 2.83 bits per heavy atom. The van der Waals surface area contributed by atoms with E-state index in [-0.39, 0.29) is 5.75 Å². The Bertz CT molecular complexity index is 705. The van der Waals surface area contributed by atoms with Crippen molar-refractivity contribution in [3.8, 4) is 17.1 Å². The molecule has 1 heterocycles. The summed E-state index contributed by atoms with van der Waals surface area (Å²) in [6.07, 6.45) is 0. The lowest BCUT2D eigenvalue weighted by Crippen LogP contribution is -2.00. The number of phenols is 1. The van der Waals surface area contributed by atoms with Crippen molar-refractivity contribution in [3.63, 3.8) is 0 Å². The first-order valence-electron chi connectivity index (χ1n) is 5.78. The highest BCUT2D eigenvalue weighted by atomic mass is 16.3. The van der Waals surface area contributed by atoms with Crippen molar-refractivity contribution in [1.29, 1.82) is 0 Å². The van der Waals surface area contributed by atoms with Crippen LogP contribution in [-0.2, 0) is 6.54 Å². The maximum Gasteiger partial charge on any atom is 0.186 e. The zero-order valence-electron chi connectivity index (χ0n) is 9.91. The monoisotopic (exact) mass is 240 g/mol. The Labute approximate surface area is 104 Å². The zero-order chi connectivity index (χ0) is 12.5. The van der Waals surface area contributed by atoms with E-state index in [9.17, 15) is 5.11 Å². The van der Waals surface area contributed by atoms with Gasteiger partial charge in [-0.3, -0.25) is 0 Å². The second kappa shape index (κ2) is 4.10. The van der Waals surface area contributed by atoms with Gasteiger partial charge in [0.25, 0.3) is 0 Å². The lowest BCUT2D eigenvalue weighted by molar-refractivity contribution is 0.477. The lowest BCUT2D eigenvalue weighted by atomic mass is 10.0. The average molecular weight is 240 g/mol. The molecule has 0 saturated carbocycles. The third-order valence-corrected chi connectivity index (χ3v) is 2.96. The summed E-state index contributed by atoms with van der Waals surface area (Å²) < 4.78 is 1.67. The van der Waals surface area contributed by atoms with E-state index < -0.39 is 0 Å². The molecule has 3 rings (SSSR count). The summed E-state index contributed by atoms with van der Waals surface area (Å²) in [4.78, 5) is 0. The van der Waals surface area contributed by atoms with Crippen molar-refractivity contribution in [1.82, 2.24) is 20.2 Å². The van der Waals surface area contributed by atoms with Crippen molar-refractivity contribution in [2.45, 2.75) is 13.5 Å². The molecule has 0 aliphatic carbocycles. The van der Waals surface area contributed by atoms with Gasteiger partial charge >= 0.3 is 0 Å². The Morgan fingerprint density at radius 1 is 1.17 bits per heavy atom. The molecule has 0 unspecified atom stereocenters. The van der Waals surface area contributed by atoms with Crippen molar-refractivity contribution in [2.75, 3.05) is 0 Å². The van der Waals surface area contributed by atoms with Crippen LogP contribution in [0.2, 0.25) is 0 Å². The fourth-order valence-corrected chi connectivity index (χ4v) is 2.09. The largest absolute Gasteiger partial charge is 0.507 e. The van der Waals surface area contributed by atoms with Gasteiger partial charge in [-0.1, -0.05) is 30.3 Å². The van der Waals surface area contributed by atoms with Gasteiger partial charge in [-0.15, -0.1) is 5.10 Å². The van der Waals surface area contributed by atoms with Gasteiger partial charge in [0.1, 0.15) is 5.75 Å². The second-order valence-electron chi connectivity index (χ2n) is 4.00. The highest BCUT2D eigenvalue weighted by molar-refractivity contribution is 5.97. The van der Waals surface area contributed by atoms with E-state index in [1.807, 2.05) is 37.3 Å². The Hall–Kier alpha value is -2.43. The van der Waals surface area contributed by atoms with Crippen molar-refractivity contribution < 1.29 is 5.11 Å². The molecule has 0 amide bonds. The summed E-state index contributed by atoms with van der Waals surface area (Å²) in [6, 6.07) is 11.4. The van der Waals surface area contributed by atoms with E-state index in [2.05, 4.69) is 15.5 Å². The number of tetrazole rings is 1. The van der Waals surface area contributed by atoms with Gasteiger partial charge in [0.05, 0.1) is 5.56 Å². The van der Waals surface area contributed by atoms with E-state index in [0.717, 1.165) is 10.8 Å². The molecule has 5 nitrogen and oxygen atoms in total. The summed E-state index contributed by atoms with van der Waals surface area (Å²) in [6.45, 7) is 2.62. The van der Waals surface area contributed by atoms with Crippen LogP contribution in [0.25, 0.3) is 22.2 Å². The predicted molar refractivity (Wildman–Crippen MR) is 68.1 cm³/mol. The van der Waals surface area contributed by atoms with Gasteiger partial charge in [-0.25, -0.2) is 4.68 Å². The Morgan fingerprint density at radius 2 is 2.00 bits per heavy atom. The van der Waals surface area contributed by atoms with Crippen molar-refractivity contribution in [3.05, 3.63) is 36.4 Å². The molecule has 0 aliphatic rings. The third-order valence-electron chi connectivity index (χ3n) is 2.96. The first-order chi connectivity index (χ1) is 8.81. The molecule has 0 aliphatic heterocycles. The lowest BCUT2D eigenvalue weighted by Gasteiger charge is -2.08. The van der Waals surface area contributed by atoms with Crippen LogP contribution in [0.15, 0.2) is 36.4 Å². The topological polar surface area (TPSA) is 63.8 Å². The van der Waals surface area contributed by atoms with Crippen LogP contribution in [0.1, 0.15) is 6.92 Å². The molecule has 1 N–H and O–H groups in total. The standard InChI is InChI=1S/C13H12N4O/c1-2-17-13(14-15-16-17)12-10-6-4-3-5-9(10)7-8-11(12)18/h3-8,18H,2H2,1H3. The summed E-state index contributed by atoms with van der Waals surface area (Å²) in [7, 11) is 0. The van der Waals surface area contributed by atoms with Crippen LogP contribution in [0, 0.1) is 0 Å². The smallest absolute Gasteiger partial charge is 0.186 e. The van der Waals surface area contributed by atoms with Gasteiger partial charge in [-0.05, 0) is 34.2 Å². The van der Waals surface area contributed by atoms with Crippen LogP contribution >= 0.6 is 0 Å². The number of hydrogen-bond acceptors (Lipinski definition) is 4. The predicted octanol–water partition coefficient (Wildman–Crippen LogP) is 2.22. The first kappa shape index (κ1) is 10.7.